The predicted molar refractivity (Wildman–Crippen MR) is 81.1 cm³/mol. The standard InChI is InChI=1S/C17H14FN3O/c18-15-5-1-13(2-6-15)11-20-17(22)14-3-7-16(8-4-14)21-10-9-19-12-21/h1-10,12H,11H2,(H,20,22). The molecule has 0 aliphatic carbocycles. The van der Waals surface area contributed by atoms with Crippen molar-refractivity contribution in [3.8, 4) is 5.69 Å². The van der Waals surface area contributed by atoms with Gasteiger partial charge >= 0.3 is 0 Å². The highest BCUT2D eigenvalue weighted by Crippen LogP contribution is 2.09. The van der Waals surface area contributed by atoms with E-state index in [1.807, 2.05) is 22.9 Å². The van der Waals surface area contributed by atoms with Gasteiger partial charge in [0, 0.05) is 30.2 Å². The Bertz CT molecular complexity index is 750. The van der Waals surface area contributed by atoms with Gasteiger partial charge in [-0.15, -0.1) is 0 Å². The van der Waals surface area contributed by atoms with Crippen LogP contribution in [0.2, 0.25) is 0 Å². The molecular formula is C17H14FN3O. The van der Waals surface area contributed by atoms with Gasteiger partial charge in [-0.25, -0.2) is 9.37 Å². The Morgan fingerprint density at radius 3 is 2.45 bits per heavy atom. The maximum atomic E-state index is 12.8. The zero-order valence-corrected chi connectivity index (χ0v) is 11.7. The minimum absolute atomic E-state index is 0.165. The third kappa shape index (κ3) is 3.20. The number of hydrogen-bond donors (Lipinski definition) is 1. The maximum Gasteiger partial charge on any atom is 0.251 e. The van der Waals surface area contributed by atoms with Gasteiger partial charge in [0.1, 0.15) is 5.82 Å². The van der Waals surface area contributed by atoms with Crippen molar-refractivity contribution in [2.24, 2.45) is 0 Å². The number of nitrogens with zero attached hydrogens (tertiary/aromatic N) is 2. The van der Waals surface area contributed by atoms with E-state index in [4.69, 9.17) is 0 Å². The molecule has 3 aromatic rings. The molecule has 5 heteroatoms. The summed E-state index contributed by atoms with van der Waals surface area (Å²) in [5.41, 5.74) is 2.36. The molecule has 1 aromatic heterocycles. The van der Waals surface area contributed by atoms with E-state index in [0.29, 0.717) is 12.1 Å². The number of imidazole rings is 1. The lowest BCUT2D eigenvalue weighted by atomic mass is 10.1. The smallest absolute Gasteiger partial charge is 0.251 e. The van der Waals surface area contributed by atoms with E-state index in [-0.39, 0.29) is 11.7 Å². The quantitative estimate of drug-likeness (QED) is 0.804. The summed E-state index contributed by atoms with van der Waals surface area (Å²) in [6.45, 7) is 0.363. The summed E-state index contributed by atoms with van der Waals surface area (Å²) in [4.78, 5) is 16.1. The topological polar surface area (TPSA) is 46.9 Å². The molecule has 0 aliphatic rings. The number of halogens is 1. The van der Waals surface area contributed by atoms with Crippen LogP contribution in [0.15, 0.2) is 67.3 Å². The van der Waals surface area contributed by atoms with Crippen LogP contribution in [0.4, 0.5) is 4.39 Å². The molecule has 0 aliphatic heterocycles. The summed E-state index contributed by atoms with van der Waals surface area (Å²) in [6.07, 6.45) is 5.23. The zero-order valence-electron chi connectivity index (χ0n) is 11.7. The molecule has 0 fully saturated rings. The molecular weight excluding hydrogens is 281 g/mol. The molecule has 22 heavy (non-hydrogen) atoms. The summed E-state index contributed by atoms with van der Waals surface area (Å²) in [5.74, 6) is -0.452. The number of hydrogen-bond acceptors (Lipinski definition) is 2. The molecule has 0 radical (unpaired) electrons. The summed E-state index contributed by atoms with van der Waals surface area (Å²) in [5, 5.41) is 2.81. The third-order valence-electron chi connectivity index (χ3n) is 3.30. The fraction of sp³-hybridized carbons (Fsp3) is 0.0588. The number of rotatable bonds is 4. The van der Waals surface area contributed by atoms with Crippen molar-refractivity contribution in [1.82, 2.24) is 14.9 Å². The van der Waals surface area contributed by atoms with Gasteiger partial charge in [0.2, 0.25) is 0 Å². The average Bonchev–Trinajstić information content (AvgIpc) is 3.09. The van der Waals surface area contributed by atoms with Crippen molar-refractivity contribution in [2.75, 3.05) is 0 Å². The van der Waals surface area contributed by atoms with Gasteiger partial charge < -0.3 is 9.88 Å². The molecule has 0 atom stereocenters. The highest BCUT2D eigenvalue weighted by Gasteiger charge is 2.05. The Hall–Kier alpha value is -2.95. The lowest BCUT2D eigenvalue weighted by Gasteiger charge is -2.07. The summed E-state index contributed by atoms with van der Waals surface area (Å²) < 4.78 is 14.7. The van der Waals surface area contributed by atoms with Gasteiger partial charge in [-0.3, -0.25) is 4.79 Å². The Morgan fingerprint density at radius 2 is 1.82 bits per heavy atom. The zero-order chi connectivity index (χ0) is 15.4. The summed E-state index contributed by atoms with van der Waals surface area (Å²) in [7, 11) is 0. The van der Waals surface area contributed by atoms with E-state index in [2.05, 4.69) is 10.3 Å². The van der Waals surface area contributed by atoms with Gasteiger partial charge in [-0.2, -0.15) is 0 Å². The number of aromatic nitrogens is 2. The number of nitrogens with one attached hydrogen (secondary N) is 1. The van der Waals surface area contributed by atoms with E-state index >= 15 is 0 Å². The number of carbonyl (C=O) groups excluding carboxylic acids is 1. The molecule has 0 bridgehead atoms. The van der Waals surface area contributed by atoms with Crippen LogP contribution in [0.5, 0.6) is 0 Å². The second-order valence-electron chi connectivity index (χ2n) is 4.83. The first-order valence-electron chi connectivity index (χ1n) is 6.83. The highest BCUT2D eigenvalue weighted by molar-refractivity contribution is 5.94. The Kier molecular flexibility index (Phi) is 3.96. The monoisotopic (exact) mass is 295 g/mol. The summed E-state index contributed by atoms with van der Waals surface area (Å²) in [6, 6.07) is 13.3. The number of amides is 1. The van der Waals surface area contributed by atoms with Crippen LogP contribution in [0.1, 0.15) is 15.9 Å². The van der Waals surface area contributed by atoms with Crippen LogP contribution < -0.4 is 5.32 Å². The van der Waals surface area contributed by atoms with Crippen LogP contribution in [0, 0.1) is 5.82 Å². The van der Waals surface area contributed by atoms with Crippen LogP contribution in [0.25, 0.3) is 5.69 Å². The van der Waals surface area contributed by atoms with Gasteiger partial charge in [0.15, 0.2) is 0 Å². The fourth-order valence-corrected chi connectivity index (χ4v) is 2.08. The molecule has 4 nitrogen and oxygen atoms in total. The lowest BCUT2D eigenvalue weighted by Crippen LogP contribution is -2.22. The molecule has 0 unspecified atom stereocenters. The van der Waals surface area contributed by atoms with Crippen molar-refractivity contribution in [2.45, 2.75) is 6.54 Å². The summed E-state index contributed by atoms with van der Waals surface area (Å²) >= 11 is 0. The van der Waals surface area contributed by atoms with E-state index in [1.54, 1.807) is 36.8 Å². The minimum atomic E-state index is -0.287. The van der Waals surface area contributed by atoms with Crippen molar-refractivity contribution in [1.29, 1.82) is 0 Å². The van der Waals surface area contributed by atoms with Crippen molar-refractivity contribution in [3.63, 3.8) is 0 Å². The highest BCUT2D eigenvalue weighted by atomic mass is 19.1. The van der Waals surface area contributed by atoms with Crippen molar-refractivity contribution in [3.05, 3.63) is 84.2 Å². The van der Waals surface area contributed by atoms with E-state index in [9.17, 15) is 9.18 Å². The van der Waals surface area contributed by atoms with E-state index < -0.39 is 0 Å². The number of carbonyl (C=O) groups is 1. The lowest BCUT2D eigenvalue weighted by molar-refractivity contribution is 0.0951. The SMILES string of the molecule is O=C(NCc1ccc(F)cc1)c1ccc(-n2ccnc2)cc1. The van der Waals surface area contributed by atoms with Gasteiger partial charge in [0.05, 0.1) is 6.33 Å². The van der Waals surface area contributed by atoms with Gasteiger partial charge in [0.25, 0.3) is 5.91 Å². The number of benzene rings is 2. The first-order valence-corrected chi connectivity index (χ1v) is 6.83. The normalized spacial score (nSPS) is 10.4. The fourth-order valence-electron chi connectivity index (χ4n) is 2.08. The van der Waals surface area contributed by atoms with Crippen LogP contribution in [-0.4, -0.2) is 15.5 Å². The second kappa shape index (κ2) is 6.22. The Morgan fingerprint density at radius 1 is 1.09 bits per heavy atom. The van der Waals surface area contributed by atoms with Crippen LogP contribution in [0.3, 0.4) is 0 Å². The molecule has 0 spiro atoms. The minimum Gasteiger partial charge on any atom is -0.348 e. The second-order valence-corrected chi connectivity index (χ2v) is 4.83. The average molecular weight is 295 g/mol. The Balaban J connectivity index is 1.63. The Labute approximate surface area is 127 Å². The molecule has 1 N–H and O–H groups in total. The van der Waals surface area contributed by atoms with Crippen LogP contribution >= 0.6 is 0 Å². The first-order chi connectivity index (χ1) is 10.7. The van der Waals surface area contributed by atoms with E-state index in [0.717, 1.165) is 11.3 Å². The molecule has 110 valence electrons. The predicted octanol–water partition coefficient (Wildman–Crippen LogP) is 2.94. The molecule has 1 heterocycles. The van der Waals surface area contributed by atoms with Gasteiger partial charge in [-0.05, 0) is 42.0 Å². The maximum absolute atomic E-state index is 12.8. The first kappa shape index (κ1) is 14.0. The molecule has 0 saturated carbocycles. The molecule has 3 rings (SSSR count). The molecule has 1 amide bonds. The molecule has 0 saturated heterocycles. The van der Waals surface area contributed by atoms with E-state index in [1.165, 1.54) is 12.1 Å². The molecule has 2 aromatic carbocycles. The third-order valence-corrected chi connectivity index (χ3v) is 3.30. The van der Waals surface area contributed by atoms with Crippen LogP contribution in [-0.2, 0) is 6.54 Å². The van der Waals surface area contributed by atoms with Crippen molar-refractivity contribution < 1.29 is 9.18 Å². The van der Waals surface area contributed by atoms with Crippen molar-refractivity contribution >= 4 is 5.91 Å². The largest absolute Gasteiger partial charge is 0.348 e. The van der Waals surface area contributed by atoms with Gasteiger partial charge in [-0.1, -0.05) is 12.1 Å².